The van der Waals surface area contributed by atoms with Crippen LogP contribution >= 0.6 is 0 Å². The molecule has 0 spiro atoms. The van der Waals surface area contributed by atoms with Gasteiger partial charge in [-0.1, -0.05) is 6.92 Å². The second-order valence-corrected chi connectivity index (χ2v) is 4.50. The van der Waals surface area contributed by atoms with Gasteiger partial charge in [-0.25, -0.2) is 0 Å². The lowest BCUT2D eigenvalue weighted by Crippen LogP contribution is -2.43. The minimum atomic E-state index is -0.137. The summed E-state index contributed by atoms with van der Waals surface area (Å²) in [5.41, 5.74) is 0. The second-order valence-electron chi connectivity index (χ2n) is 4.50. The van der Waals surface area contributed by atoms with Gasteiger partial charge in [0.05, 0.1) is 13.2 Å². The number of aliphatic hydroxyl groups excluding tert-OH is 1. The first kappa shape index (κ1) is 13.5. The summed E-state index contributed by atoms with van der Waals surface area (Å²) >= 11 is 0. The van der Waals surface area contributed by atoms with E-state index in [1.165, 1.54) is 7.11 Å². The average Bonchev–Trinajstić information content (AvgIpc) is 2.31. The fourth-order valence-corrected chi connectivity index (χ4v) is 2.25. The molecule has 0 aromatic heterocycles. The van der Waals surface area contributed by atoms with Crippen LogP contribution in [0.1, 0.15) is 32.6 Å². The monoisotopic (exact) mass is 229 g/mol. The number of likely N-dealkylation sites (tertiary alicyclic amines) is 1. The second kappa shape index (κ2) is 6.86. The lowest BCUT2D eigenvalue weighted by atomic mass is 9.92. The lowest BCUT2D eigenvalue weighted by molar-refractivity contribution is -0.140. The quantitative estimate of drug-likeness (QED) is 0.715. The smallest absolute Gasteiger partial charge is 0.305 e. The molecular formula is C12H23NO3. The largest absolute Gasteiger partial charge is 0.469 e. The molecule has 1 aliphatic rings. The van der Waals surface area contributed by atoms with Crippen LogP contribution in [0.4, 0.5) is 0 Å². The van der Waals surface area contributed by atoms with Gasteiger partial charge >= 0.3 is 5.97 Å². The molecule has 2 atom stereocenters. The van der Waals surface area contributed by atoms with Crippen molar-refractivity contribution in [1.82, 2.24) is 4.90 Å². The maximum atomic E-state index is 10.9. The SMILES string of the molecule is CCC1CN(CCCC(=O)OC)CCC1O. The minimum absolute atomic E-state index is 0.135. The first-order chi connectivity index (χ1) is 7.67. The molecule has 0 saturated carbocycles. The molecule has 0 bridgehead atoms. The highest BCUT2D eigenvalue weighted by Gasteiger charge is 2.25. The average molecular weight is 229 g/mol. The van der Waals surface area contributed by atoms with E-state index in [2.05, 4.69) is 16.6 Å². The van der Waals surface area contributed by atoms with Crippen LogP contribution in [0.2, 0.25) is 0 Å². The molecule has 1 N–H and O–H groups in total. The highest BCUT2D eigenvalue weighted by Crippen LogP contribution is 2.20. The van der Waals surface area contributed by atoms with Crippen LogP contribution in [0, 0.1) is 5.92 Å². The van der Waals surface area contributed by atoms with Gasteiger partial charge in [-0.05, 0) is 31.7 Å². The van der Waals surface area contributed by atoms with E-state index in [1.807, 2.05) is 0 Å². The molecule has 2 unspecified atom stereocenters. The van der Waals surface area contributed by atoms with Gasteiger partial charge < -0.3 is 14.7 Å². The van der Waals surface area contributed by atoms with E-state index in [0.717, 1.165) is 38.9 Å². The zero-order valence-corrected chi connectivity index (χ0v) is 10.3. The summed E-state index contributed by atoms with van der Waals surface area (Å²) in [5, 5.41) is 9.74. The molecule has 0 aliphatic carbocycles. The van der Waals surface area contributed by atoms with Crippen molar-refractivity contribution in [3.8, 4) is 0 Å². The predicted molar refractivity (Wildman–Crippen MR) is 62.1 cm³/mol. The van der Waals surface area contributed by atoms with Gasteiger partial charge in [0.2, 0.25) is 0 Å². The number of hydrogen-bond donors (Lipinski definition) is 1. The van der Waals surface area contributed by atoms with E-state index in [0.29, 0.717) is 12.3 Å². The molecule has 16 heavy (non-hydrogen) atoms. The van der Waals surface area contributed by atoms with Crippen LogP contribution < -0.4 is 0 Å². The van der Waals surface area contributed by atoms with Crippen LogP contribution in [0.15, 0.2) is 0 Å². The standard InChI is InChI=1S/C12H23NO3/c1-3-10-9-13(8-6-11(10)14)7-4-5-12(15)16-2/h10-11,14H,3-9H2,1-2H3. The lowest BCUT2D eigenvalue weighted by Gasteiger charge is -2.35. The van der Waals surface area contributed by atoms with Crippen molar-refractivity contribution < 1.29 is 14.6 Å². The van der Waals surface area contributed by atoms with Crippen molar-refractivity contribution in [3.63, 3.8) is 0 Å². The number of piperidine rings is 1. The Morgan fingerprint density at radius 2 is 2.31 bits per heavy atom. The number of esters is 1. The van der Waals surface area contributed by atoms with Gasteiger partial charge in [-0.3, -0.25) is 4.79 Å². The molecule has 1 fully saturated rings. The Kier molecular flexibility index (Phi) is 5.77. The molecule has 0 radical (unpaired) electrons. The van der Waals surface area contributed by atoms with Crippen LogP contribution in [0.5, 0.6) is 0 Å². The fourth-order valence-electron chi connectivity index (χ4n) is 2.25. The molecule has 4 nitrogen and oxygen atoms in total. The Morgan fingerprint density at radius 1 is 1.56 bits per heavy atom. The molecule has 4 heteroatoms. The molecule has 1 aliphatic heterocycles. The topological polar surface area (TPSA) is 49.8 Å². The van der Waals surface area contributed by atoms with Crippen molar-refractivity contribution in [2.75, 3.05) is 26.7 Å². The number of nitrogens with zero attached hydrogens (tertiary/aromatic N) is 1. The van der Waals surface area contributed by atoms with Crippen molar-refractivity contribution in [3.05, 3.63) is 0 Å². The van der Waals surface area contributed by atoms with Crippen LogP contribution in [-0.4, -0.2) is 48.8 Å². The van der Waals surface area contributed by atoms with Crippen LogP contribution in [0.25, 0.3) is 0 Å². The Balaban J connectivity index is 2.20. The van der Waals surface area contributed by atoms with E-state index in [9.17, 15) is 9.90 Å². The normalized spacial score (nSPS) is 26.7. The van der Waals surface area contributed by atoms with Gasteiger partial charge in [0, 0.05) is 19.5 Å². The number of hydrogen-bond acceptors (Lipinski definition) is 4. The van der Waals surface area contributed by atoms with Gasteiger partial charge in [0.1, 0.15) is 0 Å². The van der Waals surface area contributed by atoms with Gasteiger partial charge in [-0.2, -0.15) is 0 Å². The van der Waals surface area contributed by atoms with E-state index in [4.69, 9.17) is 0 Å². The Labute approximate surface area is 97.6 Å². The highest BCUT2D eigenvalue weighted by molar-refractivity contribution is 5.69. The van der Waals surface area contributed by atoms with Gasteiger partial charge in [0.25, 0.3) is 0 Å². The summed E-state index contributed by atoms with van der Waals surface area (Å²) in [5.74, 6) is 0.260. The first-order valence-electron chi connectivity index (χ1n) is 6.14. The molecule has 94 valence electrons. The Morgan fingerprint density at radius 3 is 2.94 bits per heavy atom. The molecule has 0 amide bonds. The maximum Gasteiger partial charge on any atom is 0.305 e. The number of carbonyl (C=O) groups excluding carboxylic acids is 1. The van der Waals surface area contributed by atoms with Crippen molar-refractivity contribution >= 4 is 5.97 Å². The van der Waals surface area contributed by atoms with Gasteiger partial charge in [-0.15, -0.1) is 0 Å². The molecule has 1 saturated heterocycles. The van der Waals surface area contributed by atoms with Crippen LogP contribution in [0.3, 0.4) is 0 Å². The number of ether oxygens (including phenoxy) is 1. The van der Waals surface area contributed by atoms with Crippen molar-refractivity contribution in [1.29, 1.82) is 0 Å². The number of aliphatic hydroxyl groups is 1. The maximum absolute atomic E-state index is 10.9. The molecular weight excluding hydrogens is 206 g/mol. The van der Waals surface area contributed by atoms with E-state index in [-0.39, 0.29) is 12.1 Å². The van der Waals surface area contributed by atoms with E-state index in [1.54, 1.807) is 0 Å². The number of rotatable bonds is 5. The number of methoxy groups -OCH3 is 1. The summed E-state index contributed by atoms with van der Waals surface area (Å²) in [6.45, 7) is 4.95. The van der Waals surface area contributed by atoms with E-state index < -0.39 is 0 Å². The third-order valence-corrected chi connectivity index (χ3v) is 3.39. The molecule has 0 aromatic rings. The summed E-state index contributed by atoms with van der Waals surface area (Å²) < 4.78 is 4.60. The zero-order chi connectivity index (χ0) is 12.0. The van der Waals surface area contributed by atoms with Crippen LogP contribution in [-0.2, 0) is 9.53 Å². The summed E-state index contributed by atoms with van der Waals surface area (Å²) in [7, 11) is 1.42. The third kappa shape index (κ3) is 4.10. The summed E-state index contributed by atoms with van der Waals surface area (Å²) in [6.07, 6.45) is 3.08. The van der Waals surface area contributed by atoms with Crippen molar-refractivity contribution in [2.45, 2.75) is 38.7 Å². The predicted octanol–water partition coefficient (Wildman–Crippen LogP) is 1.03. The Bertz CT molecular complexity index is 220. The first-order valence-corrected chi connectivity index (χ1v) is 6.14. The summed E-state index contributed by atoms with van der Waals surface area (Å²) in [4.78, 5) is 13.3. The molecule has 0 aromatic carbocycles. The minimum Gasteiger partial charge on any atom is -0.469 e. The van der Waals surface area contributed by atoms with E-state index >= 15 is 0 Å². The summed E-state index contributed by atoms with van der Waals surface area (Å²) in [6, 6.07) is 0. The zero-order valence-electron chi connectivity index (χ0n) is 10.3. The third-order valence-electron chi connectivity index (χ3n) is 3.39. The molecule has 1 rings (SSSR count). The Hall–Kier alpha value is -0.610. The molecule has 1 heterocycles. The van der Waals surface area contributed by atoms with Crippen molar-refractivity contribution in [2.24, 2.45) is 5.92 Å². The van der Waals surface area contributed by atoms with Gasteiger partial charge in [0.15, 0.2) is 0 Å². The fraction of sp³-hybridized carbons (Fsp3) is 0.917. The highest BCUT2D eigenvalue weighted by atomic mass is 16.5. The number of carbonyl (C=O) groups is 1.